The SMILES string of the molecule is C=CC(=O)OCCCCCCCCCCC[Si](Br)(Br)Br. The molecule has 0 rings (SSSR count). The normalized spacial score (nSPS) is 11.3. The molecule has 0 aromatic carbocycles. The molecule has 0 bridgehead atoms. The van der Waals surface area contributed by atoms with E-state index in [1.54, 1.807) is 0 Å². The lowest BCUT2D eigenvalue weighted by molar-refractivity contribution is -0.137. The van der Waals surface area contributed by atoms with E-state index in [9.17, 15) is 4.79 Å². The van der Waals surface area contributed by atoms with E-state index in [4.69, 9.17) is 4.74 Å². The highest BCUT2D eigenvalue weighted by molar-refractivity contribution is 9.72. The summed E-state index contributed by atoms with van der Waals surface area (Å²) in [5, 5.41) is 0. The van der Waals surface area contributed by atoms with E-state index in [0.29, 0.717) is 6.61 Å². The number of ether oxygens (including phenoxy) is 1. The Morgan fingerprint density at radius 3 is 1.80 bits per heavy atom. The number of halogens is 3. The van der Waals surface area contributed by atoms with Crippen LogP contribution in [0.4, 0.5) is 0 Å². The van der Waals surface area contributed by atoms with Crippen molar-refractivity contribution in [3.05, 3.63) is 12.7 Å². The molecule has 0 fully saturated rings. The zero-order valence-electron chi connectivity index (χ0n) is 12.0. The second-order valence-electron chi connectivity index (χ2n) is 4.92. The largest absolute Gasteiger partial charge is 0.463 e. The lowest BCUT2D eigenvalue weighted by Crippen LogP contribution is -2.04. The number of unbranched alkanes of at least 4 members (excludes halogenated alkanes) is 8. The minimum absolute atomic E-state index is 0.312. The van der Waals surface area contributed by atoms with Gasteiger partial charge in [0.25, 0.3) is 3.93 Å². The molecule has 0 N–H and O–H groups in total. The van der Waals surface area contributed by atoms with Gasteiger partial charge >= 0.3 is 5.97 Å². The fourth-order valence-corrected chi connectivity index (χ4v) is 5.07. The molecule has 0 saturated heterocycles. The van der Waals surface area contributed by atoms with Crippen LogP contribution in [0.2, 0.25) is 6.04 Å². The van der Waals surface area contributed by atoms with Crippen LogP contribution in [-0.4, -0.2) is 16.5 Å². The monoisotopic (exact) mass is 490 g/mol. The van der Waals surface area contributed by atoms with Gasteiger partial charge in [-0.3, -0.25) is 0 Å². The van der Waals surface area contributed by atoms with Crippen molar-refractivity contribution in [1.82, 2.24) is 0 Å². The standard InChI is InChI=1S/C14H25Br3O2Si/c1-2-14(18)19-12-10-8-6-4-3-5-7-9-11-13-20(15,16)17/h2H,1,3-13H2. The topological polar surface area (TPSA) is 26.3 Å². The van der Waals surface area contributed by atoms with Crippen molar-refractivity contribution in [2.45, 2.75) is 63.8 Å². The van der Waals surface area contributed by atoms with Crippen molar-refractivity contribution in [1.29, 1.82) is 0 Å². The summed E-state index contributed by atoms with van der Waals surface area (Å²) in [7, 11) is 0. The van der Waals surface area contributed by atoms with E-state index in [1.807, 2.05) is 0 Å². The summed E-state index contributed by atoms with van der Waals surface area (Å²) in [4.78, 5) is 10.8. The van der Waals surface area contributed by atoms with Crippen LogP contribution in [0.15, 0.2) is 12.7 Å². The lowest BCUT2D eigenvalue weighted by atomic mass is 10.1. The van der Waals surface area contributed by atoms with Gasteiger partial charge in [-0.15, -0.1) is 0 Å². The molecule has 0 amide bonds. The zero-order valence-corrected chi connectivity index (χ0v) is 17.8. The first kappa shape index (κ1) is 20.9. The van der Waals surface area contributed by atoms with E-state index in [2.05, 4.69) is 52.5 Å². The van der Waals surface area contributed by atoms with Gasteiger partial charge in [-0.2, -0.15) is 0 Å². The predicted octanol–water partition coefficient (Wildman–Crippen LogP) is 6.35. The third kappa shape index (κ3) is 16.9. The Hall–Kier alpha value is 0.867. The number of carbonyl (C=O) groups is 1. The van der Waals surface area contributed by atoms with Crippen LogP contribution in [0, 0.1) is 0 Å². The van der Waals surface area contributed by atoms with Gasteiger partial charge in [0.2, 0.25) is 0 Å². The van der Waals surface area contributed by atoms with Crippen LogP contribution in [0.3, 0.4) is 0 Å². The molecule has 0 spiro atoms. The fourth-order valence-electron chi connectivity index (χ4n) is 1.90. The minimum Gasteiger partial charge on any atom is -0.463 e. The molecule has 20 heavy (non-hydrogen) atoms. The molecule has 0 unspecified atom stereocenters. The molecule has 0 atom stereocenters. The molecule has 2 nitrogen and oxygen atoms in total. The van der Waals surface area contributed by atoms with Crippen LogP contribution in [0.25, 0.3) is 0 Å². The lowest BCUT2D eigenvalue weighted by Gasteiger charge is -2.08. The van der Waals surface area contributed by atoms with Crippen molar-refractivity contribution in [3.63, 3.8) is 0 Å². The maximum Gasteiger partial charge on any atom is 0.330 e. The summed E-state index contributed by atoms with van der Waals surface area (Å²) in [6, 6.07) is 1.23. The summed E-state index contributed by atoms with van der Waals surface area (Å²) in [6.45, 7) is 3.89. The van der Waals surface area contributed by atoms with Crippen molar-refractivity contribution in [2.24, 2.45) is 0 Å². The van der Waals surface area contributed by atoms with Gasteiger partial charge in [0, 0.05) is 6.08 Å². The highest BCUT2D eigenvalue weighted by Crippen LogP contribution is 2.33. The molecule has 0 radical (unpaired) electrons. The summed E-state index contributed by atoms with van der Waals surface area (Å²) >= 11 is 11.0. The highest BCUT2D eigenvalue weighted by atomic mass is 80.0. The van der Waals surface area contributed by atoms with Gasteiger partial charge in [0.15, 0.2) is 0 Å². The molecule has 118 valence electrons. The smallest absolute Gasteiger partial charge is 0.330 e. The highest BCUT2D eigenvalue weighted by Gasteiger charge is 2.20. The Morgan fingerprint density at radius 2 is 1.35 bits per heavy atom. The van der Waals surface area contributed by atoms with Crippen molar-refractivity contribution >= 4 is 55.8 Å². The van der Waals surface area contributed by atoms with Crippen LogP contribution < -0.4 is 0 Å². The quantitative estimate of drug-likeness (QED) is 0.0984. The van der Waals surface area contributed by atoms with E-state index in [-0.39, 0.29) is 5.97 Å². The average Bonchev–Trinajstić information content (AvgIpc) is 2.38. The average molecular weight is 493 g/mol. The molecule has 0 aliphatic rings. The van der Waals surface area contributed by atoms with Crippen molar-refractivity contribution in [2.75, 3.05) is 6.61 Å². The van der Waals surface area contributed by atoms with Crippen LogP contribution in [0.1, 0.15) is 57.8 Å². The molecular weight excluding hydrogens is 468 g/mol. The van der Waals surface area contributed by atoms with Crippen molar-refractivity contribution in [3.8, 4) is 0 Å². The molecule has 6 heteroatoms. The second-order valence-corrected chi connectivity index (χ2v) is 28.4. The van der Waals surface area contributed by atoms with Gasteiger partial charge in [0.05, 0.1) is 6.61 Å². The van der Waals surface area contributed by atoms with Crippen molar-refractivity contribution < 1.29 is 9.53 Å². The number of hydrogen-bond acceptors (Lipinski definition) is 2. The van der Waals surface area contributed by atoms with Gasteiger partial charge in [-0.05, 0) is 12.5 Å². The van der Waals surface area contributed by atoms with Gasteiger partial charge < -0.3 is 4.74 Å². The van der Waals surface area contributed by atoms with E-state index < -0.39 is 3.93 Å². The maximum atomic E-state index is 10.8. The molecule has 0 aliphatic heterocycles. The second kappa shape index (κ2) is 13.5. The Balaban J connectivity index is 3.10. The third-order valence-electron chi connectivity index (χ3n) is 3.02. The maximum absolute atomic E-state index is 10.8. The van der Waals surface area contributed by atoms with Gasteiger partial charge in [-0.1, -0.05) is 104 Å². The van der Waals surface area contributed by atoms with Gasteiger partial charge in [-0.25, -0.2) is 4.79 Å². The Morgan fingerprint density at radius 1 is 0.900 bits per heavy atom. The summed E-state index contributed by atoms with van der Waals surface area (Å²) in [6.07, 6.45) is 12.5. The number of esters is 1. The summed E-state index contributed by atoms with van der Waals surface area (Å²) in [5.41, 5.74) is 0. The van der Waals surface area contributed by atoms with Gasteiger partial charge in [0.1, 0.15) is 0 Å². The first-order valence-electron chi connectivity index (χ1n) is 7.31. The molecule has 0 heterocycles. The summed E-state index contributed by atoms with van der Waals surface area (Å²) < 4.78 is 3.56. The molecular formula is C14H25Br3O2Si. The number of carbonyl (C=O) groups excluding carboxylic acids is 1. The first-order valence-corrected chi connectivity index (χ1v) is 16.3. The van der Waals surface area contributed by atoms with E-state index >= 15 is 0 Å². The van der Waals surface area contributed by atoms with Crippen LogP contribution in [0.5, 0.6) is 0 Å². The Bertz CT molecular complexity index is 268. The van der Waals surface area contributed by atoms with E-state index in [0.717, 1.165) is 12.8 Å². The molecule has 0 saturated carbocycles. The number of rotatable bonds is 13. The zero-order chi connectivity index (χ0) is 15.3. The molecule has 0 aromatic heterocycles. The molecule has 0 aliphatic carbocycles. The van der Waals surface area contributed by atoms with E-state index in [1.165, 1.54) is 57.1 Å². The molecule has 0 aromatic rings. The Labute approximate surface area is 147 Å². The van der Waals surface area contributed by atoms with Crippen LogP contribution in [-0.2, 0) is 9.53 Å². The first-order chi connectivity index (χ1) is 9.45. The summed E-state index contributed by atoms with van der Waals surface area (Å²) in [5.74, 6) is -0.312. The fraction of sp³-hybridized carbons (Fsp3) is 0.786. The Kier molecular flexibility index (Phi) is 14.1. The number of hydrogen-bond donors (Lipinski definition) is 0. The van der Waals surface area contributed by atoms with Crippen LogP contribution >= 0.6 is 45.9 Å². The third-order valence-corrected chi connectivity index (χ3v) is 7.50. The minimum atomic E-state index is -1.37. The predicted molar refractivity (Wildman–Crippen MR) is 100 cm³/mol.